The van der Waals surface area contributed by atoms with Crippen LogP contribution in [-0.2, 0) is 0 Å². The van der Waals surface area contributed by atoms with Gasteiger partial charge in [-0.25, -0.2) is 4.98 Å². The van der Waals surface area contributed by atoms with Crippen molar-refractivity contribution in [2.24, 2.45) is 11.8 Å². The average molecular weight is 295 g/mol. The first-order valence-electron chi connectivity index (χ1n) is 7.35. The Morgan fingerprint density at radius 2 is 2.05 bits per heavy atom. The Morgan fingerprint density at radius 1 is 1.35 bits per heavy atom. The van der Waals surface area contributed by atoms with Crippen molar-refractivity contribution in [3.8, 4) is 0 Å². The van der Waals surface area contributed by atoms with Crippen LogP contribution in [0.25, 0.3) is 0 Å². The smallest absolute Gasteiger partial charge is 0.254 e. The van der Waals surface area contributed by atoms with E-state index < -0.39 is 0 Å². The molecule has 0 N–H and O–H groups in total. The molecule has 1 fully saturated rings. The lowest BCUT2D eigenvalue weighted by Gasteiger charge is -2.35. The van der Waals surface area contributed by atoms with Crippen LogP contribution in [-0.4, -0.2) is 28.9 Å². The minimum atomic E-state index is 0.0787. The van der Waals surface area contributed by atoms with Gasteiger partial charge in [-0.15, -0.1) is 0 Å². The highest BCUT2D eigenvalue weighted by Gasteiger charge is 2.27. The molecular formula is C16H23ClN2O. The lowest BCUT2D eigenvalue weighted by Crippen LogP contribution is -2.42. The fourth-order valence-electron chi connectivity index (χ4n) is 2.57. The molecule has 0 aliphatic carbocycles. The number of rotatable bonds is 2. The van der Waals surface area contributed by atoms with E-state index in [9.17, 15) is 4.79 Å². The Balaban J connectivity index is 2.21. The molecule has 110 valence electrons. The van der Waals surface area contributed by atoms with Crippen LogP contribution in [0.3, 0.4) is 0 Å². The molecule has 2 atom stereocenters. The Morgan fingerprint density at radius 3 is 2.65 bits per heavy atom. The van der Waals surface area contributed by atoms with Gasteiger partial charge in [0.25, 0.3) is 5.91 Å². The molecule has 0 spiro atoms. The summed E-state index contributed by atoms with van der Waals surface area (Å²) in [4.78, 5) is 18.8. The number of nitrogens with zero attached hydrogens (tertiary/aromatic N) is 2. The highest BCUT2D eigenvalue weighted by Crippen LogP contribution is 2.25. The van der Waals surface area contributed by atoms with E-state index in [1.807, 2.05) is 11.0 Å². The van der Waals surface area contributed by atoms with Crippen molar-refractivity contribution in [3.63, 3.8) is 0 Å². The number of aromatic nitrogens is 1. The molecule has 1 aromatic heterocycles. The van der Waals surface area contributed by atoms with Crippen molar-refractivity contribution in [1.29, 1.82) is 0 Å². The SMILES string of the molecule is CC(C)c1cc(C(=O)N2CCC(C)C(C)C2)cc(Cl)n1. The zero-order chi connectivity index (χ0) is 14.9. The summed E-state index contributed by atoms with van der Waals surface area (Å²) in [5.74, 6) is 1.58. The largest absolute Gasteiger partial charge is 0.338 e. The zero-order valence-electron chi connectivity index (χ0n) is 12.7. The molecule has 1 aromatic rings. The van der Waals surface area contributed by atoms with E-state index >= 15 is 0 Å². The molecule has 2 heterocycles. The van der Waals surface area contributed by atoms with Crippen LogP contribution in [0.2, 0.25) is 5.15 Å². The van der Waals surface area contributed by atoms with Crippen molar-refractivity contribution in [1.82, 2.24) is 9.88 Å². The van der Waals surface area contributed by atoms with Gasteiger partial charge in [0.1, 0.15) is 5.15 Å². The van der Waals surface area contributed by atoms with Gasteiger partial charge in [0.15, 0.2) is 0 Å². The Kier molecular flexibility index (Phi) is 4.69. The number of halogens is 1. The van der Waals surface area contributed by atoms with Crippen LogP contribution in [0.1, 0.15) is 56.1 Å². The van der Waals surface area contributed by atoms with Gasteiger partial charge in [0.2, 0.25) is 0 Å². The van der Waals surface area contributed by atoms with Crippen molar-refractivity contribution in [3.05, 3.63) is 28.5 Å². The second-order valence-electron chi connectivity index (χ2n) is 6.25. The molecule has 20 heavy (non-hydrogen) atoms. The molecule has 1 saturated heterocycles. The molecule has 1 aliphatic rings. The first-order chi connectivity index (χ1) is 9.38. The quantitative estimate of drug-likeness (QED) is 0.773. The maximum absolute atomic E-state index is 12.6. The summed E-state index contributed by atoms with van der Waals surface area (Å²) in [5.41, 5.74) is 1.54. The first kappa shape index (κ1) is 15.3. The predicted molar refractivity (Wildman–Crippen MR) is 82.2 cm³/mol. The molecule has 2 rings (SSSR count). The summed E-state index contributed by atoms with van der Waals surface area (Å²) >= 11 is 6.05. The highest BCUT2D eigenvalue weighted by atomic mass is 35.5. The van der Waals surface area contributed by atoms with Crippen molar-refractivity contribution in [2.75, 3.05) is 13.1 Å². The van der Waals surface area contributed by atoms with Gasteiger partial charge in [-0.05, 0) is 36.3 Å². The second-order valence-corrected chi connectivity index (χ2v) is 6.64. The number of carbonyl (C=O) groups excluding carboxylic acids is 1. The fraction of sp³-hybridized carbons (Fsp3) is 0.625. The Hall–Kier alpha value is -1.09. The van der Waals surface area contributed by atoms with E-state index in [1.165, 1.54) is 0 Å². The number of pyridine rings is 1. The molecule has 4 heteroatoms. The van der Waals surface area contributed by atoms with Crippen molar-refractivity contribution >= 4 is 17.5 Å². The maximum Gasteiger partial charge on any atom is 0.254 e. The number of likely N-dealkylation sites (tertiary alicyclic amines) is 1. The first-order valence-corrected chi connectivity index (χ1v) is 7.73. The monoisotopic (exact) mass is 294 g/mol. The molecule has 0 aromatic carbocycles. The zero-order valence-corrected chi connectivity index (χ0v) is 13.4. The van der Waals surface area contributed by atoms with Gasteiger partial charge in [-0.1, -0.05) is 39.3 Å². The van der Waals surface area contributed by atoms with Crippen molar-refractivity contribution < 1.29 is 4.79 Å². The van der Waals surface area contributed by atoms with Crippen LogP contribution < -0.4 is 0 Å². The van der Waals surface area contributed by atoms with E-state index in [0.29, 0.717) is 22.6 Å². The summed E-state index contributed by atoms with van der Waals surface area (Å²) < 4.78 is 0. The van der Waals surface area contributed by atoms with Gasteiger partial charge < -0.3 is 4.90 Å². The third-order valence-corrected chi connectivity index (χ3v) is 4.47. The van der Waals surface area contributed by atoms with Crippen LogP contribution in [0.5, 0.6) is 0 Å². The van der Waals surface area contributed by atoms with E-state index in [1.54, 1.807) is 6.07 Å². The van der Waals surface area contributed by atoms with Crippen LogP contribution in [0.15, 0.2) is 12.1 Å². The molecule has 0 saturated carbocycles. The number of hydrogen-bond acceptors (Lipinski definition) is 2. The predicted octanol–water partition coefficient (Wildman–Crippen LogP) is 3.98. The molecule has 1 aliphatic heterocycles. The van der Waals surface area contributed by atoms with E-state index in [0.717, 1.165) is 25.2 Å². The summed E-state index contributed by atoms with van der Waals surface area (Å²) in [5, 5.41) is 0.401. The fourth-order valence-corrected chi connectivity index (χ4v) is 2.78. The standard InChI is InChI=1S/C16H23ClN2O/c1-10(2)14-7-13(8-15(17)18-14)16(20)19-6-5-11(3)12(4)9-19/h7-8,10-12H,5-6,9H2,1-4H3. The third-order valence-electron chi connectivity index (χ3n) is 4.27. The third kappa shape index (κ3) is 3.32. The van der Waals surface area contributed by atoms with E-state index in [-0.39, 0.29) is 11.8 Å². The number of carbonyl (C=O) groups is 1. The van der Waals surface area contributed by atoms with Gasteiger partial charge in [-0.3, -0.25) is 4.79 Å². The number of piperidine rings is 1. The average Bonchev–Trinajstić information content (AvgIpc) is 2.40. The maximum atomic E-state index is 12.6. The molecule has 3 nitrogen and oxygen atoms in total. The van der Waals surface area contributed by atoms with Gasteiger partial charge in [0.05, 0.1) is 0 Å². The minimum absolute atomic E-state index is 0.0787. The van der Waals surface area contributed by atoms with Gasteiger partial charge in [-0.2, -0.15) is 0 Å². The summed E-state index contributed by atoms with van der Waals surface area (Å²) in [6.45, 7) is 10.2. The van der Waals surface area contributed by atoms with Crippen LogP contribution in [0, 0.1) is 11.8 Å². The molecule has 0 radical (unpaired) electrons. The second kappa shape index (κ2) is 6.13. The number of hydrogen-bond donors (Lipinski definition) is 0. The van der Waals surface area contributed by atoms with Crippen molar-refractivity contribution in [2.45, 2.75) is 40.0 Å². The minimum Gasteiger partial charge on any atom is -0.338 e. The highest BCUT2D eigenvalue weighted by molar-refractivity contribution is 6.29. The Labute approximate surface area is 126 Å². The van der Waals surface area contributed by atoms with Gasteiger partial charge >= 0.3 is 0 Å². The molecule has 1 amide bonds. The number of amides is 1. The topological polar surface area (TPSA) is 33.2 Å². The molecule has 0 bridgehead atoms. The normalized spacial score (nSPS) is 23.2. The summed E-state index contributed by atoms with van der Waals surface area (Å²) in [6.07, 6.45) is 1.07. The van der Waals surface area contributed by atoms with E-state index in [4.69, 9.17) is 11.6 Å². The Bertz CT molecular complexity index is 501. The summed E-state index contributed by atoms with van der Waals surface area (Å²) in [6, 6.07) is 3.56. The van der Waals surface area contributed by atoms with Crippen LogP contribution in [0.4, 0.5) is 0 Å². The van der Waals surface area contributed by atoms with Crippen LogP contribution >= 0.6 is 11.6 Å². The summed E-state index contributed by atoms with van der Waals surface area (Å²) in [7, 11) is 0. The van der Waals surface area contributed by atoms with Gasteiger partial charge in [0, 0.05) is 24.3 Å². The lowest BCUT2D eigenvalue weighted by atomic mass is 9.88. The van der Waals surface area contributed by atoms with E-state index in [2.05, 4.69) is 32.7 Å². The lowest BCUT2D eigenvalue weighted by molar-refractivity contribution is 0.0627. The molecular weight excluding hydrogens is 272 g/mol. The molecule has 2 unspecified atom stereocenters.